The van der Waals surface area contributed by atoms with Gasteiger partial charge in [0, 0.05) is 13.7 Å². The van der Waals surface area contributed by atoms with Gasteiger partial charge in [0.05, 0.1) is 12.2 Å². The van der Waals surface area contributed by atoms with Gasteiger partial charge >= 0.3 is 0 Å². The highest BCUT2D eigenvalue weighted by Gasteiger charge is 2.40. The Bertz CT molecular complexity index is 142. The fourth-order valence-corrected chi connectivity index (χ4v) is 1.94. The summed E-state index contributed by atoms with van der Waals surface area (Å²) >= 11 is 0. The first-order valence-electron chi connectivity index (χ1n) is 4.61. The van der Waals surface area contributed by atoms with E-state index in [9.17, 15) is 10.2 Å². The second-order valence-electron chi connectivity index (χ2n) is 3.79. The molecule has 0 radical (unpaired) electrons. The maximum Gasteiger partial charge on any atom is 0.106 e. The first-order chi connectivity index (χ1) is 6.11. The second kappa shape index (κ2) is 4.37. The highest BCUT2D eigenvalue weighted by Crippen LogP contribution is 2.31. The van der Waals surface area contributed by atoms with Crippen LogP contribution in [0.15, 0.2) is 0 Å². The van der Waals surface area contributed by atoms with Gasteiger partial charge in [0.2, 0.25) is 0 Å². The molecule has 0 aromatic carbocycles. The lowest BCUT2D eigenvalue weighted by molar-refractivity contribution is -0.142. The third-order valence-corrected chi connectivity index (χ3v) is 3.09. The molecule has 1 aliphatic carbocycles. The molecule has 0 aliphatic heterocycles. The molecule has 0 amide bonds. The smallest absolute Gasteiger partial charge is 0.106 e. The summed E-state index contributed by atoms with van der Waals surface area (Å²) in [4.78, 5) is 0. The maximum absolute atomic E-state index is 9.61. The third-order valence-electron chi connectivity index (χ3n) is 3.09. The van der Waals surface area contributed by atoms with Crippen molar-refractivity contribution in [2.75, 3.05) is 13.7 Å². The lowest BCUT2D eigenvalue weighted by Crippen LogP contribution is -2.51. The van der Waals surface area contributed by atoms with Crippen LogP contribution in [0.3, 0.4) is 0 Å². The predicted octanol–water partition coefficient (Wildman–Crippen LogP) is -0.629. The lowest BCUT2D eigenvalue weighted by atomic mass is 9.76. The fraction of sp³-hybridized carbons (Fsp3) is 1.00. The molecule has 1 fully saturated rings. The average molecular weight is 190 g/mol. The molecule has 1 rings (SSSR count). The Hall–Kier alpha value is -0.160. The number of hydrogen-bond acceptors (Lipinski definition) is 4. The van der Waals surface area contributed by atoms with Crippen LogP contribution in [0.5, 0.6) is 0 Å². The van der Waals surface area contributed by atoms with Crippen molar-refractivity contribution in [2.24, 2.45) is 11.8 Å². The normalized spacial score (nSPS) is 46.4. The van der Waals surface area contributed by atoms with Crippen LogP contribution in [0.2, 0.25) is 0 Å². The quantitative estimate of drug-likeness (QED) is 0.542. The summed E-state index contributed by atoms with van der Waals surface area (Å²) in [5.74, 6) is -0.0604. The summed E-state index contributed by atoms with van der Waals surface area (Å²) < 4.78 is 5.03. The van der Waals surface area contributed by atoms with E-state index in [1.54, 1.807) is 0 Å². The van der Waals surface area contributed by atoms with Crippen molar-refractivity contribution in [1.82, 2.24) is 0 Å². The Kier molecular flexibility index (Phi) is 3.67. The molecule has 0 heterocycles. The van der Waals surface area contributed by atoms with Crippen molar-refractivity contribution >= 4 is 0 Å². The summed E-state index contributed by atoms with van der Waals surface area (Å²) in [5, 5.41) is 28.2. The summed E-state index contributed by atoms with van der Waals surface area (Å²) in [6.45, 7) is 1.87. The van der Waals surface area contributed by atoms with Crippen LogP contribution in [0, 0.1) is 11.8 Å². The Morgan fingerprint density at radius 1 is 1.31 bits per heavy atom. The first-order valence-corrected chi connectivity index (χ1v) is 4.61. The highest BCUT2D eigenvalue weighted by molar-refractivity contribution is 4.90. The largest absolute Gasteiger partial charge is 0.396 e. The second-order valence-corrected chi connectivity index (χ2v) is 3.79. The predicted molar refractivity (Wildman–Crippen MR) is 47.2 cm³/mol. The van der Waals surface area contributed by atoms with Crippen molar-refractivity contribution in [3.63, 3.8) is 0 Å². The van der Waals surface area contributed by atoms with Crippen LogP contribution in [-0.2, 0) is 4.74 Å². The highest BCUT2D eigenvalue weighted by atomic mass is 16.5. The molecule has 4 heteroatoms. The van der Waals surface area contributed by atoms with Crippen molar-refractivity contribution in [3.8, 4) is 0 Å². The van der Waals surface area contributed by atoms with Crippen molar-refractivity contribution < 1.29 is 20.1 Å². The zero-order valence-corrected chi connectivity index (χ0v) is 8.05. The molecule has 0 saturated heterocycles. The van der Waals surface area contributed by atoms with Gasteiger partial charge in [-0.2, -0.15) is 0 Å². The molecule has 0 aromatic rings. The molecule has 2 unspecified atom stereocenters. The number of ether oxygens (including phenoxy) is 1. The Morgan fingerprint density at radius 3 is 2.38 bits per heavy atom. The standard InChI is InChI=1S/C9H18O4/c1-5-6(4-10)3-7(13-2)9(12)8(5)11/h5-12H,3-4H2,1-2H3/t5-,6?,7-,8+,9?/m1/s1. The molecule has 3 N–H and O–H groups in total. The molecule has 4 nitrogen and oxygen atoms in total. The molecular weight excluding hydrogens is 172 g/mol. The van der Waals surface area contributed by atoms with Crippen LogP contribution in [0.25, 0.3) is 0 Å². The molecule has 78 valence electrons. The SMILES string of the molecule is CO[C@@H]1CC(CO)[C@@H](C)[C@H](O)C1O. The molecule has 1 saturated carbocycles. The van der Waals surface area contributed by atoms with Crippen LogP contribution < -0.4 is 0 Å². The fourth-order valence-electron chi connectivity index (χ4n) is 1.94. The summed E-state index contributed by atoms with van der Waals surface area (Å²) in [6.07, 6.45) is -1.38. The first kappa shape index (κ1) is 10.9. The zero-order chi connectivity index (χ0) is 10.0. The summed E-state index contributed by atoms with van der Waals surface area (Å²) in [7, 11) is 1.50. The van der Waals surface area contributed by atoms with E-state index in [1.807, 2.05) is 6.92 Å². The van der Waals surface area contributed by atoms with Gasteiger partial charge in [-0.25, -0.2) is 0 Å². The summed E-state index contributed by atoms with van der Waals surface area (Å²) in [6, 6.07) is 0. The van der Waals surface area contributed by atoms with Gasteiger partial charge in [-0.1, -0.05) is 6.92 Å². The minimum Gasteiger partial charge on any atom is -0.396 e. The Labute approximate surface area is 78.1 Å². The van der Waals surface area contributed by atoms with Crippen LogP contribution in [0.4, 0.5) is 0 Å². The van der Waals surface area contributed by atoms with E-state index in [1.165, 1.54) is 7.11 Å². The Balaban J connectivity index is 2.66. The topological polar surface area (TPSA) is 69.9 Å². The molecule has 0 bridgehead atoms. The van der Waals surface area contributed by atoms with Gasteiger partial charge in [-0.05, 0) is 18.3 Å². The summed E-state index contributed by atoms with van der Waals surface area (Å²) in [5.41, 5.74) is 0. The van der Waals surface area contributed by atoms with Gasteiger partial charge in [-0.15, -0.1) is 0 Å². The van der Waals surface area contributed by atoms with E-state index in [2.05, 4.69) is 0 Å². The van der Waals surface area contributed by atoms with Gasteiger partial charge in [0.15, 0.2) is 0 Å². The van der Waals surface area contributed by atoms with Crippen LogP contribution in [0.1, 0.15) is 13.3 Å². The van der Waals surface area contributed by atoms with Crippen molar-refractivity contribution in [1.29, 1.82) is 0 Å². The third kappa shape index (κ3) is 2.02. The average Bonchev–Trinajstić information content (AvgIpc) is 2.15. The van der Waals surface area contributed by atoms with Crippen molar-refractivity contribution in [2.45, 2.75) is 31.7 Å². The minimum absolute atomic E-state index is 0.0170. The van der Waals surface area contributed by atoms with Gasteiger partial charge in [0.1, 0.15) is 6.10 Å². The number of methoxy groups -OCH3 is 1. The van der Waals surface area contributed by atoms with Gasteiger partial charge < -0.3 is 20.1 Å². The van der Waals surface area contributed by atoms with Crippen LogP contribution in [-0.4, -0.2) is 47.3 Å². The molecule has 5 atom stereocenters. The van der Waals surface area contributed by atoms with E-state index in [-0.39, 0.29) is 24.5 Å². The molecule has 0 aromatic heterocycles. The number of aliphatic hydroxyl groups excluding tert-OH is 3. The monoisotopic (exact) mass is 190 g/mol. The minimum atomic E-state index is -0.831. The van der Waals surface area contributed by atoms with E-state index in [0.717, 1.165) is 0 Å². The molecular formula is C9H18O4. The molecule has 13 heavy (non-hydrogen) atoms. The maximum atomic E-state index is 9.61. The number of aliphatic hydroxyl groups is 3. The van der Waals surface area contributed by atoms with E-state index in [0.29, 0.717) is 6.42 Å². The van der Waals surface area contributed by atoms with E-state index in [4.69, 9.17) is 9.84 Å². The van der Waals surface area contributed by atoms with Crippen molar-refractivity contribution in [3.05, 3.63) is 0 Å². The van der Waals surface area contributed by atoms with E-state index < -0.39 is 12.2 Å². The lowest BCUT2D eigenvalue weighted by Gasteiger charge is -2.40. The van der Waals surface area contributed by atoms with Gasteiger partial charge in [0.25, 0.3) is 0 Å². The molecule has 1 aliphatic rings. The number of hydrogen-bond donors (Lipinski definition) is 3. The molecule has 0 spiro atoms. The van der Waals surface area contributed by atoms with Gasteiger partial charge in [-0.3, -0.25) is 0 Å². The number of rotatable bonds is 2. The van der Waals surface area contributed by atoms with Crippen LogP contribution >= 0.6 is 0 Å². The zero-order valence-electron chi connectivity index (χ0n) is 8.05. The Morgan fingerprint density at radius 2 is 1.92 bits per heavy atom. The van der Waals surface area contributed by atoms with E-state index >= 15 is 0 Å².